The van der Waals surface area contributed by atoms with Gasteiger partial charge in [0.05, 0.1) is 6.61 Å². The first-order valence-electron chi connectivity index (χ1n) is 6.69. The molecule has 1 rings (SSSR count). The van der Waals surface area contributed by atoms with Crippen LogP contribution < -0.4 is 10.5 Å². The van der Waals surface area contributed by atoms with Crippen LogP contribution in [0, 0.1) is 5.92 Å². The predicted octanol–water partition coefficient (Wildman–Crippen LogP) is 4.15. The number of ether oxygens (including phenoxy) is 1. The molecule has 0 saturated carbocycles. The lowest BCUT2D eigenvalue weighted by Crippen LogP contribution is -2.19. The van der Waals surface area contributed by atoms with Crippen molar-refractivity contribution in [2.75, 3.05) is 6.61 Å². The van der Waals surface area contributed by atoms with E-state index in [1.807, 2.05) is 19.1 Å². The zero-order valence-corrected chi connectivity index (χ0v) is 13.2. The second kappa shape index (κ2) is 7.80. The highest BCUT2D eigenvalue weighted by Crippen LogP contribution is 2.25. The van der Waals surface area contributed by atoms with Crippen LogP contribution >= 0.6 is 15.9 Å². The summed E-state index contributed by atoms with van der Waals surface area (Å²) in [6.45, 7) is 7.23. The molecule has 0 amide bonds. The van der Waals surface area contributed by atoms with Crippen molar-refractivity contribution in [3.05, 3.63) is 28.2 Å². The first-order valence-corrected chi connectivity index (χ1v) is 7.49. The van der Waals surface area contributed by atoms with Gasteiger partial charge >= 0.3 is 0 Å². The maximum absolute atomic E-state index is 5.93. The normalized spacial score (nSPS) is 14.3. The van der Waals surface area contributed by atoms with E-state index in [-0.39, 0.29) is 6.04 Å². The third-order valence-electron chi connectivity index (χ3n) is 2.87. The molecule has 2 nitrogen and oxygen atoms in total. The van der Waals surface area contributed by atoms with Crippen molar-refractivity contribution in [3.63, 3.8) is 0 Å². The Bertz CT molecular complexity index is 366. The molecular weight excluding hydrogens is 290 g/mol. The molecular formula is C15H24BrNO. The van der Waals surface area contributed by atoms with Gasteiger partial charge in [-0.1, -0.05) is 36.2 Å². The van der Waals surface area contributed by atoms with Crippen molar-refractivity contribution in [2.24, 2.45) is 11.7 Å². The quantitative estimate of drug-likeness (QED) is 0.820. The van der Waals surface area contributed by atoms with Crippen LogP contribution in [-0.4, -0.2) is 12.6 Å². The van der Waals surface area contributed by atoms with E-state index in [1.54, 1.807) is 0 Å². The second-order valence-corrected chi connectivity index (χ2v) is 6.05. The minimum absolute atomic E-state index is 0.148. The summed E-state index contributed by atoms with van der Waals surface area (Å²) in [6, 6.07) is 6.29. The van der Waals surface area contributed by atoms with E-state index < -0.39 is 0 Å². The fraction of sp³-hybridized carbons (Fsp3) is 0.600. The lowest BCUT2D eigenvalue weighted by molar-refractivity contribution is 0.249. The van der Waals surface area contributed by atoms with E-state index in [0.717, 1.165) is 23.2 Å². The minimum Gasteiger partial charge on any atom is -0.493 e. The highest BCUT2D eigenvalue weighted by Gasteiger charge is 2.09. The van der Waals surface area contributed by atoms with Crippen molar-refractivity contribution in [1.29, 1.82) is 0 Å². The average Bonchev–Trinajstić information content (AvgIpc) is 2.27. The van der Waals surface area contributed by atoms with Crippen molar-refractivity contribution >= 4 is 15.9 Å². The topological polar surface area (TPSA) is 35.2 Å². The molecule has 2 atom stereocenters. The molecule has 0 aromatic heterocycles. The van der Waals surface area contributed by atoms with Crippen LogP contribution in [0.4, 0.5) is 0 Å². The average molecular weight is 314 g/mol. The van der Waals surface area contributed by atoms with Crippen LogP contribution in [-0.2, 0) is 6.42 Å². The predicted molar refractivity (Wildman–Crippen MR) is 81.1 cm³/mol. The first-order chi connectivity index (χ1) is 8.52. The van der Waals surface area contributed by atoms with Crippen LogP contribution in [0.15, 0.2) is 22.7 Å². The second-order valence-electron chi connectivity index (χ2n) is 5.14. The Labute approximate surface area is 119 Å². The van der Waals surface area contributed by atoms with Crippen LogP contribution in [0.1, 0.15) is 39.2 Å². The highest BCUT2D eigenvalue weighted by molar-refractivity contribution is 9.10. The lowest BCUT2D eigenvalue weighted by atomic mass is 10.1. The first kappa shape index (κ1) is 15.5. The Kier molecular flexibility index (Phi) is 6.72. The maximum atomic E-state index is 5.93. The van der Waals surface area contributed by atoms with E-state index >= 15 is 0 Å². The number of rotatable bonds is 7. The Morgan fingerprint density at radius 3 is 2.67 bits per heavy atom. The zero-order valence-electron chi connectivity index (χ0n) is 11.6. The lowest BCUT2D eigenvalue weighted by Gasteiger charge is -2.16. The molecule has 1 aromatic carbocycles. The smallest absolute Gasteiger partial charge is 0.122 e. The van der Waals surface area contributed by atoms with Gasteiger partial charge in [0.2, 0.25) is 0 Å². The Balaban J connectivity index is 2.68. The van der Waals surface area contributed by atoms with Gasteiger partial charge in [0.15, 0.2) is 0 Å². The summed E-state index contributed by atoms with van der Waals surface area (Å²) in [4.78, 5) is 0. The summed E-state index contributed by atoms with van der Waals surface area (Å²) < 4.78 is 7.01. The van der Waals surface area contributed by atoms with Crippen LogP contribution in [0.2, 0.25) is 0 Å². The summed E-state index contributed by atoms with van der Waals surface area (Å²) in [7, 11) is 0. The molecule has 1 aromatic rings. The van der Waals surface area contributed by atoms with Gasteiger partial charge < -0.3 is 10.5 Å². The number of halogens is 1. The number of hydrogen-bond acceptors (Lipinski definition) is 2. The van der Waals surface area contributed by atoms with Gasteiger partial charge in [-0.05, 0) is 49.4 Å². The van der Waals surface area contributed by atoms with Gasteiger partial charge in [-0.3, -0.25) is 0 Å². The molecule has 2 unspecified atom stereocenters. The van der Waals surface area contributed by atoms with E-state index in [4.69, 9.17) is 10.5 Å². The van der Waals surface area contributed by atoms with Gasteiger partial charge in [-0.15, -0.1) is 0 Å². The van der Waals surface area contributed by atoms with Gasteiger partial charge in [0.1, 0.15) is 5.75 Å². The SMILES string of the molecule is CCCC(C)COc1ccc(Br)cc1CC(C)N. The van der Waals surface area contributed by atoms with Gasteiger partial charge in [-0.25, -0.2) is 0 Å². The molecule has 0 aliphatic rings. The summed E-state index contributed by atoms with van der Waals surface area (Å²) in [6.07, 6.45) is 3.26. The molecule has 0 radical (unpaired) electrons. The molecule has 0 saturated heterocycles. The molecule has 0 fully saturated rings. The highest BCUT2D eigenvalue weighted by atomic mass is 79.9. The largest absolute Gasteiger partial charge is 0.493 e. The van der Waals surface area contributed by atoms with E-state index in [0.29, 0.717) is 5.92 Å². The molecule has 0 spiro atoms. The van der Waals surface area contributed by atoms with Crippen molar-refractivity contribution in [3.8, 4) is 5.75 Å². The van der Waals surface area contributed by atoms with E-state index in [9.17, 15) is 0 Å². The van der Waals surface area contributed by atoms with E-state index in [2.05, 4.69) is 35.8 Å². The fourth-order valence-electron chi connectivity index (χ4n) is 2.00. The summed E-state index contributed by atoms with van der Waals surface area (Å²) in [5.74, 6) is 1.57. The van der Waals surface area contributed by atoms with Crippen LogP contribution in [0.5, 0.6) is 5.75 Å². The molecule has 0 aliphatic carbocycles. The van der Waals surface area contributed by atoms with E-state index in [1.165, 1.54) is 18.4 Å². The van der Waals surface area contributed by atoms with Gasteiger partial charge in [-0.2, -0.15) is 0 Å². The standard InChI is InChI=1S/C15H24BrNO/c1-4-5-11(2)10-18-15-7-6-14(16)9-13(15)8-12(3)17/h6-7,9,11-12H,4-5,8,10,17H2,1-3H3. The Morgan fingerprint density at radius 2 is 2.06 bits per heavy atom. The molecule has 2 N–H and O–H groups in total. The van der Waals surface area contributed by atoms with Crippen molar-refractivity contribution < 1.29 is 4.74 Å². The third kappa shape index (κ3) is 5.40. The molecule has 0 heterocycles. The third-order valence-corrected chi connectivity index (χ3v) is 3.36. The number of nitrogens with two attached hydrogens (primary N) is 1. The summed E-state index contributed by atoms with van der Waals surface area (Å²) in [5, 5.41) is 0. The molecule has 18 heavy (non-hydrogen) atoms. The van der Waals surface area contributed by atoms with Gasteiger partial charge in [0.25, 0.3) is 0 Å². The number of benzene rings is 1. The van der Waals surface area contributed by atoms with Crippen LogP contribution in [0.3, 0.4) is 0 Å². The Morgan fingerprint density at radius 1 is 1.33 bits per heavy atom. The molecule has 102 valence electrons. The minimum atomic E-state index is 0.148. The van der Waals surface area contributed by atoms with Crippen molar-refractivity contribution in [1.82, 2.24) is 0 Å². The monoisotopic (exact) mass is 313 g/mol. The molecule has 0 aliphatic heterocycles. The summed E-state index contributed by atoms with van der Waals surface area (Å²) in [5.41, 5.74) is 7.06. The van der Waals surface area contributed by atoms with Gasteiger partial charge in [0, 0.05) is 10.5 Å². The fourth-order valence-corrected chi connectivity index (χ4v) is 2.41. The van der Waals surface area contributed by atoms with Crippen LogP contribution in [0.25, 0.3) is 0 Å². The zero-order chi connectivity index (χ0) is 13.5. The van der Waals surface area contributed by atoms with Crippen molar-refractivity contribution in [2.45, 2.75) is 46.1 Å². The maximum Gasteiger partial charge on any atom is 0.122 e. The Hall–Kier alpha value is -0.540. The summed E-state index contributed by atoms with van der Waals surface area (Å²) >= 11 is 3.49. The number of hydrogen-bond donors (Lipinski definition) is 1. The molecule has 0 bridgehead atoms. The molecule has 3 heteroatoms.